The summed E-state index contributed by atoms with van der Waals surface area (Å²) in [5.41, 5.74) is 0.414. The van der Waals surface area contributed by atoms with Crippen LogP contribution in [0.5, 0.6) is 0 Å². The van der Waals surface area contributed by atoms with Crippen molar-refractivity contribution in [1.82, 2.24) is 9.71 Å². The summed E-state index contributed by atoms with van der Waals surface area (Å²) in [4.78, 5) is 4.17. The lowest BCUT2D eigenvalue weighted by atomic mass is 10.2. The molecule has 1 N–H and O–H groups in total. The Kier molecular flexibility index (Phi) is 5.69. The van der Waals surface area contributed by atoms with Crippen LogP contribution in [-0.2, 0) is 19.9 Å². The zero-order valence-electron chi connectivity index (χ0n) is 14.3. The number of hydrogen-bond donors (Lipinski definition) is 1. The van der Waals surface area contributed by atoms with Crippen molar-refractivity contribution in [2.45, 2.75) is 15.0 Å². The minimum Gasteiger partial charge on any atom is -0.264 e. The summed E-state index contributed by atoms with van der Waals surface area (Å²) in [5, 5.41) is -1.10. The number of hydrogen-bond acceptors (Lipinski definition) is 5. The fourth-order valence-corrected chi connectivity index (χ4v) is 5.46. The van der Waals surface area contributed by atoms with E-state index in [0.29, 0.717) is 5.56 Å². The van der Waals surface area contributed by atoms with Crippen molar-refractivity contribution in [2.75, 3.05) is 6.54 Å². The van der Waals surface area contributed by atoms with Gasteiger partial charge in [-0.3, -0.25) is 4.98 Å². The first-order valence-electron chi connectivity index (χ1n) is 8.15. The van der Waals surface area contributed by atoms with Crippen molar-refractivity contribution >= 4 is 19.9 Å². The van der Waals surface area contributed by atoms with E-state index in [9.17, 15) is 16.8 Å². The first-order chi connectivity index (χ1) is 12.9. The van der Waals surface area contributed by atoms with E-state index in [2.05, 4.69) is 9.71 Å². The summed E-state index contributed by atoms with van der Waals surface area (Å²) in [5.74, 6) is 0. The summed E-state index contributed by atoms with van der Waals surface area (Å²) in [7, 11) is -7.67. The van der Waals surface area contributed by atoms with Crippen LogP contribution in [0.25, 0.3) is 0 Å². The molecule has 0 radical (unpaired) electrons. The van der Waals surface area contributed by atoms with Gasteiger partial charge in [0.2, 0.25) is 10.0 Å². The third kappa shape index (κ3) is 4.41. The first kappa shape index (κ1) is 19.2. The van der Waals surface area contributed by atoms with Crippen LogP contribution >= 0.6 is 0 Å². The molecule has 8 heteroatoms. The molecule has 0 fully saturated rings. The Morgan fingerprint density at radius 3 is 1.93 bits per heavy atom. The average Bonchev–Trinajstić information content (AvgIpc) is 2.70. The van der Waals surface area contributed by atoms with Crippen LogP contribution in [0.4, 0.5) is 0 Å². The van der Waals surface area contributed by atoms with Crippen molar-refractivity contribution < 1.29 is 16.8 Å². The molecule has 27 heavy (non-hydrogen) atoms. The molecule has 0 saturated heterocycles. The monoisotopic (exact) mass is 402 g/mol. The second kappa shape index (κ2) is 7.99. The van der Waals surface area contributed by atoms with Gasteiger partial charge in [0.05, 0.1) is 9.79 Å². The van der Waals surface area contributed by atoms with Crippen molar-refractivity contribution in [2.24, 2.45) is 0 Å². The van der Waals surface area contributed by atoms with Crippen molar-refractivity contribution in [3.8, 4) is 0 Å². The molecule has 0 saturated carbocycles. The molecule has 3 aromatic rings. The molecule has 3 rings (SSSR count). The summed E-state index contributed by atoms with van der Waals surface area (Å²) in [6.45, 7) is -0.305. The number of sulfone groups is 1. The molecular weight excluding hydrogens is 384 g/mol. The molecule has 0 unspecified atom stereocenters. The Balaban J connectivity index is 1.95. The quantitative estimate of drug-likeness (QED) is 0.656. The Morgan fingerprint density at radius 1 is 0.778 bits per heavy atom. The lowest BCUT2D eigenvalue weighted by molar-refractivity contribution is 0.568. The van der Waals surface area contributed by atoms with Gasteiger partial charge >= 0.3 is 0 Å². The van der Waals surface area contributed by atoms with Gasteiger partial charge in [0.25, 0.3) is 0 Å². The molecular formula is C19H18N2O4S2. The van der Waals surface area contributed by atoms with Crippen molar-refractivity contribution in [1.29, 1.82) is 0 Å². The van der Waals surface area contributed by atoms with Gasteiger partial charge in [0, 0.05) is 18.9 Å². The van der Waals surface area contributed by atoms with Crippen LogP contribution in [0.2, 0.25) is 0 Å². The highest BCUT2D eigenvalue weighted by molar-refractivity contribution is 7.92. The highest BCUT2D eigenvalue weighted by Crippen LogP contribution is 2.28. The predicted molar refractivity (Wildman–Crippen MR) is 102 cm³/mol. The van der Waals surface area contributed by atoms with Crippen LogP contribution in [0.15, 0.2) is 95.0 Å². The van der Waals surface area contributed by atoms with E-state index < -0.39 is 25.1 Å². The molecule has 0 aliphatic heterocycles. The molecule has 0 aliphatic rings. The number of aromatic nitrogens is 1. The van der Waals surface area contributed by atoms with E-state index in [1.165, 1.54) is 36.7 Å². The zero-order chi connectivity index (χ0) is 19.3. The molecule has 1 heterocycles. The summed E-state index contributed by atoms with van der Waals surface area (Å²) in [6, 6.07) is 19.0. The predicted octanol–water partition coefficient (Wildman–Crippen LogP) is 2.58. The number of nitrogens with zero attached hydrogens (tertiary/aromatic N) is 1. The van der Waals surface area contributed by atoms with Crippen LogP contribution in [0, 0.1) is 0 Å². The average molecular weight is 402 g/mol. The minimum absolute atomic E-state index is 0.0760. The number of benzene rings is 2. The molecule has 0 aliphatic carbocycles. The fraction of sp³-hybridized carbons (Fsp3) is 0.105. The second-order valence-electron chi connectivity index (χ2n) is 5.80. The summed E-state index contributed by atoms with van der Waals surface area (Å²) >= 11 is 0. The van der Waals surface area contributed by atoms with Gasteiger partial charge in [0.15, 0.2) is 9.84 Å². The Morgan fingerprint density at radius 2 is 1.37 bits per heavy atom. The van der Waals surface area contributed by atoms with E-state index in [1.807, 2.05) is 0 Å². The van der Waals surface area contributed by atoms with Gasteiger partial charge in [0.1, 0.15) is 5.25 Å². The standard InChI is InChI=1S/C19H18N2O4S2/c22-26(23,17-9-3-1-4-10-17)19(16-8-7-13-20-14-16)15-21-27(24,25)18-11-5-2-6-12-18/h1-14,19,21H,15H2/t19-/m1/s1. The number of sulfonamides is 1. The van der Waals surface area contributed by atoms with Crippen molar-refractivity contribution in [3.05, 3.63) is 90.8 Å². The third-order valence-corrected chi connectivity index (χ3v) is 7.57. The van der Waals surface area contributed by atoms with Gasteiger partial charge in [-0.25, -0.2) is 21.6 Å². The number of pyridine rings is 1. The van der Waals surface area contributed by atoms with E-state index in [1.54, 1.807) is 48.5 Å². The fourth-order valence-electron chi connectivity index (χ4n) is 2.62. The van der Waals surface area contributed by atoms with E-state index in [4.69, 9.17) is 0 Å². The van der Waals surface area contributed by atoms with Gasteiger partial charge in [-0.15, -0.1) is 0 Å². The Labute approximate surface area is 158 Å². The second-order valence-corrected chi connectivity index (χ2v) is 9.70. The van der Waals surface area contributed by atoms with Crippen molar-refractivity contribution in [3.63, 3.8) is 0 Å². The van der Waals surface area contributed by atoms with Gasteiger partial charge < -0.3 is 0 Å². The van der Waals surface area contributed by atoms with E-state index in [-0.39, 0.29) is 16.3 Å². The van der Waals surface area contributed by atoms with Crippen LogP contribution in [0.3, 0.4) is 0 Å². The summed E-state index contributed by atoms with van der Waals surface area (Å²) in [6.07, 6.45) is 2.96. The molecule has 140 valence electrons. The van der Waals surface area contributed by atoms with Crippen LogP contribution in [0.1, 0.15) is 10.8 Å². The van der Waals surface area contributed by atoms with Crippen LogP contribution < -0.4 is 4.72 Å². The minimum atomic E-state index is -3.84. The van der Waals surface area contributed by atoms with Gasteiger partial charge in [-0.05, 0) is 35.9 Å². The molecule has 6 nitrogen and oxygen atoms in total. The largest absolute Gasteiger partial charge is 0.264 e. The lowest BCUT2D eigenvalue weighted by Crippen LogP contribution is -2.32. The molecule has 1 atom stereocenters. The maximum atomic E-state index is 13.1. The number of nitrogens with one attached hydrogen (secondary N) is 1. The van der Waals surface area contributed by atoms with Gasteiger partial charge in [-0.1, -0.05) is 42.5 Å². The highest BCUT2D eigenvalue weighted by atomic mass is 32.2. The maximum absolute atomic E-state index is 13.1. The molecule has 0 amide bonds. The van der Waals surface area contributed by atoms with Gasteiger partial charge in [-0.2, -0.15) is 0 Å². The van der Waals surface area contributed by atoms with E-state index >= 15 is 0 Å². The topological polar surface area (TPSA) is 93.2 Å². The normalized spacial score (nSPS) is 13.2. The molecule has 0 bridgehead atoms. The van der Waals surface area contributed by atoms with Crippen LogP contribution in [-0.4, -0.2) is 28.4 Å². The zero-order valence-corrected chi connectivity index (χ0v) is 15.9. The first-order valence-corrected chi connectivity index (χ1v) is 11.2. The Bertz CT molecular complexity index is 1090. The highest BCUT2D eigenvalue weighted by Gasteiger charge is 2.30. The maximum Gasteiger partial charge on any atom is 0.240 e. The smallest absolute Gasteiger partial charge is 0.240 e. The Hall–Kier alpha value is -2.55. The summed E-state index contributed by atoms with van der Waals surface area (Å²) < 4.78 is 53.7. The SMILES string of the molecule is O=S(=O)(NC[C@H](c1cccnc1)S(=O)(=O)c1ccccc1)c1ccccc1. The molecule has 0 spiro atoms. The molecule has 2 aromatic carbocycles. The number of rotatable bonds is 7. The lowest BCUT2D eigenvalue weighted by Gasteiger charge is -2.19. The molecule has 1 aromatic heterocycles. The van der Waals surface area contributed by atoms with E-state index in [0.717, 1.165) is 0 Å². The third-order valence-electron chi connectivity index (χ3n) is 4.01.